The molecule has 102 valence electrons. The monoisotopic (exact) mass is 266 g/mol. The number of aliphatic hydroxyl groups excluding tert-OH is 1. The minimum absolute atomic E-state index is 0.0162. The summed E-state index contributed by atoms with van der Waals surface area (Å²) in [6.45, 7) is 1.19. The Morgan fingerprint density at radius 2 is 1.95 bits per heavy atom. The maximum absolute atomic E-state index is 11.8. The number of aliphatic hydroxyl groups is 1. The summed E-state index contributed by atoms with van der Waals surface area (Å²) >= 11 is 0. The second kappa shape index (κ2) is 5.81. The normalized spacial score (nSPS) is 25.9. The summed E-state index contributed by atoms with van der Waals surface area (Å²) in [5.41, 5.74) is 0.380. The van der Waals surface area contributed by atoms with Gasteiger partial charge in [0.2, 0.25) is 6.29 Å². The fourth-order valence-corrected chi connectivity index (χ4v) is 1.71. The number of esters is 2. The van der Waals surface area contributed by atoms with Gasteiger partial charge in [0.05, 0.1) is 12.2 Å². The van der Waals surface area contributed by atoms with Gasteiger partial charge in [0.1, 0.15) is 0 Å². The summed E-state index contributed by atoms with van der Waals surface area (Å²) in [7, 11) is 0. The average Bonchev–Trinajstić information content (AvgIpc) is 2.72. The Balaban J connectivity index is 1.94. The zero-order valence-electron chi connectivity index (χ0n) is 10.3. The third-order valence-electron chi connectivity index (χ3n) is 2.63. The van der Waals surface area contributed by atoms with Crippen LogP contribution in [-0.4, -0.2) is 42.1 Å². The molecule has 0 aromatic heterocycles. The molecule has 3 atom stereocenters. The van der Waals surface area contributed by atoms with Gasteiger partial charge in [-0.25, -0.2) is 4.79 Å². The van der Waals surface area contributed by atoms with Crippen LogP contribution in [0.4, 0.5) is 0 Å². The molecule has 1 aliphatic rings. The average molecular weight is 266 g/mol. The molecule has 19 heavy (non-hydrogen) atoms. The maximum Gasteiger partial charge on any atom is 0.338 e. The molecular weight excluding hydrogens is 252 g/mol. The van der Waals surface area contributed by atoms with Crippen molar-refractivity contribution >= 4 is 11.9 Å². The van der Waals surface area contributed by atoms with Crippen LogP contribution >= 0.6 is 0 Å². The lowest BCUT2D eigenvalue weighted by Crippen LogP contribution is -2.35. The van der Waals surface area contributed by atoms with Gasteiger partial charge >= 0.3 is 11.9 Å². The summed E-state index contributed by atoms with van der Waals surface area (Å²) in [5.74, 6) is -1.13. The number of hydrogen-bond donors (Lipinski definition) is 1. The first-order valence-electron chi connectivity index (χ1n) is 5.81. The first-order valence-corrected chi connectivity index (χ1v) is 5.81. The van der Waals surface area contributed by atoms with E-state index in [4.69, 9.17) is 14.2 Å². The third-order valence-corrected chi connectivity index (χ3v) is 2.63. The Morgan fingerprint density at radius 1 is 1.26 bits per heavy atom. The van der Waals surface area contributed by atoms with Crippen molar-refractivity contribution in [3.8, 4) is 0 Å². The van der Waals surface area contributed by atoms with Crippen molar-refractivity contribution in [3.63, 3.8) is 0 Å². The van der Waals surface area contributed by atoms with E-state index < -0.39 is 30.4 Å². The lowest BCUT2D eigenvalue weighted by atomic mass is 10.2. The first kappa shape index (κ1) is 13.5. The predicted octanol–water partition coefficient (Wildman–Crippen LogP) is 0.492. The molecule has 0 bridgehead atoms. The fraction of sp³-hybridized carbons (Fsp3) is 0.385. The van der Waals surface area contributed by atoms with Gasteiger partial charge in [-0.05, 0) is 12.1 Å². The summed E-state index contributed by atoms with van der Waals surface area (Å²) in [4.78, 5) is 22.6. The Kier molecular flexibility index (Phi) is 4.13. The highest BCUT2D eigenvalue weighted by Crippen LogP contribution is 2.19. The van der Waals surface area contributed by atoms with Gasteiger partial charge in [0.25, 0.3) is 0 Å². The van der Waals surface area contributed by atoms with E-state index in [9.17, 15) is 14.7 Å². The summed E-state index contributed by atoms with van der Waals surface area (Å²) in [5, 5.41) is 9.81. The number of carbonyl (C=O) groups is 2. The quantitative estimate of drug-likeness (QED) is 0.802. The zero-order chi connectivity index (χ0) is 13.8. The second-order valence-electron chi connectivity index (χ2n) is 4.11. The van der Waals surface area contributed by atoms with E-state index in [2.05, 4.69) is 0 Å². The highest BCUT2D eigenvalue weighted by Gasteiger charge is 2.40. The number of hydrogen-bond acceptors (Lipinski definition) is 6. The molecule has 1 N–H and O–H groups in total. The molecule has 1 heterocycles. The molecule has 0 aliphatic carbocycles. The molecule has 0 amide bonds. The standard InChI is InChI=1S/C13H14O6/c1-8(14)18-13-11(15)10(7-17-13)19-12(16)9-5-3-2-4-6-9/h2-6,10-11,13,15H,7H2,1H3/t10-,11+,13?/m0/s1. The van der Waals surface area contributed by atoms with Crippen molar-refractivity contribution in [3.05, 3.63) is 35.9 Å². The van der Waals surface area contributed by atoms with Crippen LogP contribution in [0.2, 0.25) is 0 Å². The van der Waals surface area contributed by atoms with Gasteiger partial charge in [0.15, 0.2) is 12.2 Å². The molecule has 1 aromatic rings. The molecule has 1 aromatic carbocycles. The highest BCUT2D eigenvalue weighted by atomic mass is 16.7. The highest BCUT2D eigenvalue weighted by molar-refractivity contribution is 5.89. The molecule has 6 nitrogen and oxygen atoms in total. The maximum atomic E-state index is 11.8. The van der Waals surface area contributed by atoms with E-state index in [1.54, 1.807) is 30.3 Å². The van der Waals surface area contributed by atoms with Gasteiger partial charge in [0, 0.05) is 6.92 Å². The van der Waals surface area contributed by atoms with Gasteiger partial charge in [-0.1, -0.05) is 18.2 Å². The minimum Gasteiger partial charge on any atom is -0.453 e. The molecule has 0 saturated carbocycles. The van der Waals surface area contributed by atoms with Crippen LogP contribution in [0.1, 0.15) is 17.3 Å². The van der Waals surface area contributed by atoms with E-state index in [0.29, 0.717) is 5.56 Å². The molecule has 6 heteroatoms. The Hall–Kier alpha value is -1.92. The second-order valence-corrected chi connectivity index (χ2v) is 4.11. The van der Waals surface area contributed by atoms with Crippen molar-refractivity contribution in [1.29, 1.82) is 0 Å². The SMILES string of the molecule is CC(=O)OC1OC[C@H](OC(=O)c2ccccc2)[C@H]1O. The smallest absolute Gasteiger partial charge is 0.338 e. The molecule has 1 fully saturated rings. The molecule has 1 unspecified atom stereocenters. The first-order chi connectivity index (χ1) is 9.08. The Morgan fingerprint density at radius 3 is 2.58 bits per heavy atom. The van der Waals surface area contributed by atoms with Gasteiger partial charge in [-0.15, -0.1) is 0 Å². The lowest BCUT2D eigenvalue weighted by Gasteiger charge is -2.17. The lowest BCUT2D eigenvalue weighted by molar-refractivity contribution is -0.180. The van der Waals surface area contributed by atoms with Gasteiger partial charge < -0.3 is 19.3 Å². The van der Waals surface area contributed by atoms with Crippen molar-refractivity contribution in [1.82, 2.24) is 0 Å². The fourth-order valence-electron chi connectivity index (χ4n) is 1.71. The van der Waals surface area contributed by atoms with Crippen molar-refractivity contribution in [2.75, 3.05) is 6.61 Å². The van der Waals surface area contributed by atoms with Crippen LogP contribution in [0.25, 0.3) is 0 Å². The molecule has 2 rings (SSSR count). The van der Waals surface area contributed by atoms with Crippen LogP contribution < -0.4 is 0 Å². The van der Waals surface area contributed by atoms with Crippen molar-refractivity contribution in [2.45, 2.75) is 25.4 Å². The third kappa shape index (κ3) is 3.30. The largest absolute Gasteiger partial charge is 0.453 e. The number of benzene rings is 1. The van der Waals surface area contributed by atoms with E-state index in [-0.39, 0.29) is 6.61 Å². The molecule has 0 radical (unpaired) electrons. The molecule has 1 aliphatic heterocycles. The summed E-state index contributed by atoms with van der Waals surface area (Å²) in [6.07, 6.45) is -3.13. The molecule has 1 saturated heterocycles. The summed E-state index contributed by atoms with van der Waals surface area (Å²) < 4.78 is 14.9. The van der Waals surface area contributed by atoms with E-state index in [1.807, 2.05) is 0 Å². The number of rotatable bonds is 3. The zero-order valence-corrected chi connectivity index (χ0v) is 10.3. The Bertz CT molecular complexity index is 457. The summed E-state index contributed by atoms with van der Waals surface area (Å²) in [6, 6.07) is 8.41. The van der Waals surface area contributed by atoms with E-state index in [0.717, 1.165) is 0 Å². The minimum atomic E-state index is -1.18. The Labute approximate surface area is 109 Å². The van der Waals surface area contributed by atoms with Crippen molar-refractivity contribution in [2.24, 2.45) is 0 Å². The van der Waals surface area contributed by atoms with Gasteiger partial charge in [-0.3, -0.25) is 4.79 Å². The van der Waals surface area contributed by atoms with Crippen LogP contribution in [0, 0.1) is 0 Å². The van der Waals surface area contributed by atoms with E-state index >= 15 is 0 Å². The molecular formula is C13H14O6. The van der Waals surface area contributed by atoms with Crippen molar-refractivity contribution < 1.29 is 28.9 Å². The topological polar surface area (TPSA) is 82.1 Å². The predicted molar refractivity (Wildman–Crippen MR) is 63.2 cm³/mol. The molecule has 0 spiro atoms. The van der Waals surface area contributed by atoms with Crippen LogP contribution in [0.5, 0.6) is 0 Å². The number of ether oxygens (including phenoxy) is 3. The van der Waals surface area contributed by atoms with Crippen LogP contribution in [0.3, 0.4) is 0 Å². The van der Waals surface area contributed by atoms with Crippen LogP contribution in [-0.2, 0) is 19.0 Å². The number of carbonyl (C=O) groups excluding carboxylic acids is 2. The van der Waals surface area contributed by atoms with E-state index in [1.165, 1.54) is 6.92 Å². The van der Waals surface area contributed by atoms with Gasteiger partial charge in [-0.2, -0.15) is 0 Å². The van der Waals surface area contributed by atoms with Crippen LogP contribution in [0.15, 0.2) is 30.3 Å².